The average molecular weight is 311 g/mol. The Morgan fingerprint density at radius 1 is 0.864 bits per heavy atom. The molecule has 4 heteroatoms. The van der Waals surface area contributed by atoms with E-state index in [1.807, 2.05) is 6.92 Å². The lowest BCUT2D eigenvalue weighted by Crippen LogP contribution is -2.46. The smallest absolute Gasteiger partial charge is 0.102 e. The summed E-state index contributed by atoms with van der Waals surface area (Å²) in [5, 5.41) is 0. The molecule has 4 nitrogen and oxygen atoms in total. The van der Waals surface area contributed by atoms with Crippen molar-refractivity contribution >= 4 is 0 Å². The third kappa shape index (κ3) is 4.44. The Hall–Kier alpha value is -0.160. The maximum absolute atomic E-state index is 5.81. The summed E-state index contributed by atoms with van der Waals surface area (Å²) < 4.78 is 16.5. The van der Waals surface area contributed by atoms with E-state index in [0.717, 1.165) is 24.4 Å². The first-order valence-corrected chi connectivity index (χ1v) is 9.18. The van der Waals surface area contributed by atoms with Gasteiger partial charge in [-0.1, -0.05) is 0 Å². The molecule has 1 atom stereocenters. The Bertz CT molecular complexity index is 310. The molecule has 0 heterocycles. The summed E-state index contributed by atoms with van der Waals surface area (Å²) in [4.78, 5) is 0. The van der Waals surface area contributed by atoms with Gasteiger partial charge in [-0.25, -0.2) is 0 Å². The lowest BCUT2D eigenvalue weighted by atomic mass is 9.49. The van der Waals surface area contributed by atoms with Gasteiger partial charge in [-0.2, -0.15) is 0 Å². The SMILES string of the molecule is CC(N)OCCOCCOCCC12CC3CC(CC(C3)C1)C2. The summed E-state index contributed by atoms with van der Waals surface area (Å²) in [6, 6.07) is 0. The predicted octanol–water partition coefficient (Wildman–Crippen LogP) is 2.95. The first-order valence-electron chi connectivity index (χ1n) is 9.18. The van der Waals surface area contributed by atoms with Gasteiger partial charge < -0.3 is 19.9 Å². The molecule has 0 saturated heterocycles. The maximum atomic E-state index is 5.81. The van der Waals surface area contributed by atoms with E-state index in [0.29, 0.717) is 31.8 Å². The van der Waals surface area contributed by atoms with Crippen LogP contribution in [0.5, 0.6) is 0 Å². The van der Waals surface area contributed by atoms with E-state index in [2.05, 4.69) is 0 Å². The number of ether oxygens (including phenoxy) is 3. The molecule has 4 saturated carbocycles. The molecule has 128 valence electrons. The molecule has 22 heavy (non-hydrogen) atoms. The molecule has 0 aromatic heterocycles. The first kappa shape index (κ1) is 16.7. The minimum atomic E-state index is -0.208. The van der Waals surface area contributed by atoms with Crippen molar-refractivity contribution in [1.29, 1.82) is 0 Å². The van der Waals surface area contributed by atoms with Gasteiger partial charge in [0.15, 0.2) is 0 Å². The van der Waals surface area contributed by atoms with Crippen molar-refractivity contribution in [3.63, 3.8) is 0 Å². The number of hydrogen-bond donors (Lipinski definition) is 1. The minimum absolute atomic E-state index is 0.208. The van der Waals surface area contributed by atoms with Gasteiger partial charge in [0, 0.05) is 6.61 Å². The van der Waals surface area contributed by atoms with Crippen molar-refractivity contribution in [2.75, 3.05) is 33.0 Å². The molecule has 4 bridgehead atoms. The van der Waals surface area contributed by atoms with Crippen molar-refractivity contribution < 1.29 is 14.2 Å². The number of rotatable bonds is 10. The fourth-order valence-electron chi connectivity index (χ4n) is 5.50. The largest absolute Gasteiger partial charge is 0.379 e. The van der Waals surface area contributed by atoms with Gasteiger partial charge in [0.05, 0.1) is 26.4 Å². The van der Waals surface area contributed by atoms with Crippen LogP contribution in [0.1, 0.15) is 51.9 Å². The summed E-state index contributed by atoms with van der Waals surface area (Å²) in [7, 11) is 0. The second-order valence-electron chi connectivity index (χ2n) is 7.97. The number of hydrogen-bond acceptors (Lipinski definition) is 4. The van der Waals surface area contributed by atoms with Crippen LogP contribution in [-0.2, 0) is 14.2 Å². The topological polar surface area (TPSA) is 53.7 Å². The maximum Gasteiger partial charge on any atom is 0.102 e. The highest BCUT2D eigenvalue weighted by Gasteiger charge is 2.50. The van der Waals surface area contributed by atoms with Crippen LogP contribution in [0, 0.1) is 23.2 Å². The summed E-state index contributed by atoms with van der Waals surface area (Å²) in [5.74, 6) is 3.12. The summed E-state index contributed by atoms with van der Waals surface area (Å²) in [6.45, 7) is 5.25. The van der Waals surface area contributed by atoms with Crippen LogP contribution >= 0.6 is 0 Å². The molecule has 0 spiro atoms. The molecular formula is C18H33NO3. The molecule has 4 fully saturated rings. The van der Waals surface area contributed by atoms with Crippen molar-refractivity contribution in [2.45, 2.75) is 58.1 Å². The van der Waals surface area contributed by atoms with Crippen LogP contribution in [0.3, 0.4) is 0 Å². The fraction of sp³-hybridized carbons (Fsp3) is 1.00. The molecule has 4 aliphatic carbocycles. The Morgan fingerprint density at radius 3 is 1.91 bits per heavy atom. The molecule has 1 unspecified atom stereocenters. The second kappa shape index (κ2) is 7.61. The summed E-state index contributed by atoms with van der Waals surface area (Å²) in [6.07, 6.45) is 10.1. The Balaban J connectivity index is 1.24. The van der Waals surface area contributed by atoms with Gasteiger partial charge in [-0.15, -0.1) is 0 Å². The highest BCUT2D eigenvalue weighted by atomic mass is 16.5. The molecular weight excluding hydrogens is 278 g/mol. The summed E-state index contributed by atoms with van der Waals surface area (Å²) >= 11 is 0. The van der Waals surface area contributed by atoms with Crippen molar-refractivity contribution in [3.05, 3.63) is 0 Å². The van der Waals surface area contributed by atoms with Gasteiger partial charge in [-0.05, 0) is 75.0 Å². The zero-order valence-electron chi connectivity index (χ0n) is 14.1. The molecule has 0 amide bonds. The third-order valence-corrected chi connectivity index (χ3v) is 5.92. The second-order valence-corrected chi connectivity index (χ2v) is 7.97. The lowest BCUT2D eigenvalue weighted by molar-refractivity contribution is -0.0721. The third-order valence-electron chi connectivity index (χ3n) is 5.92. The molecule has 0 aromatic carbocycles. The summed E-state index contributed by atoms with van der Waals surface area (Å²) in [5.41, 5.74) is 6.13. The standard InChI is InChI=1S/C18H33NO3/c1-14(19)22-7-6-21-5-4-20-3-2-18-11-15-8-16(12-18)10-17(9-15)13-18/h14-17H,2-13,19H2,1H3. The van der Waals surface area contributed by atoms with Crippen LogP contribution in [0.15, 0.2) is 0 Å². The normalized spacial score (nSPS) is 37.6. The van der Waals surface area contributed by atoms with E-state index in [9.17, 15) is 0 Å². The molecule has 0 aliphatic heterocycles. The zero-order chi connectivity index (χ0) is 15.4. The molecule has 4 aliphatic rings. The van der Waals surface area contributed by atoms with E-state index in [1.54, 1.807) is 0 Å². The molecule has 0 aromatic rings. The zero-order valence-corrected chi connectivity index (χ0v) is 14.1. The fourth-order valence-corrected chi connectivity index (χ4v) is 5.50. The van der Waals surface area contributed by atoms with Gasteiger partial charge in [0.25, 0.3) is 0 Å². The lowest BCUT2D eigenvalue weighted by Gasteiger charge is -2.57. The monoisotopic (exact) mass is 311 g/mol. The average Bonchev–Trinajstić information content (AvgIpc) is 2.43. The van der Waals surface area contributed by atoms with Crippen molar-refractivity contribution in [3.8, 4) is 0 Å². The highest BCUT2D eigenvalue weighted by molar-refractivity contribution is 5.01. The van der Waals surface area contributed by atoms with Crippen LogP contribution < -0.4 is 5.73 Å². The van der Waals surface area contributed by atoms with Crippen LogP contribution in [0.2, 0.25) is 0 Å². The Morgan fingerprint density at radius 2 is 1.36 bits per heavy atom. The quantitative estimate of drug-likeness (QED) is 0.498. The predicted molar refractivity (Wildman–Crippen MR) is 86.5 cm³/mol. The van der Waals surface area contributed by atoms with Gasteiger partial charge in [0.2, 0.25) is 0 Å². The first-order chi connectivity index (χ1) is 10.7. The van der Waals surface area contributed by atoms with Crippen molar-refractivity contribution in [2.24, 2.45) is 28.9 Å². The molecule has 2 N–H and O–H groups in total. The van der Waals surface area contributed by atoms with E-state index >= 15 is 0 Å². The van der Waals surface area contributed by atoms with E-state index < -0.39 is 0 Å². The van der Waals surface area contributed by atoms with Gasteiger partial charge >= 0.3 is 0 Å². The van der Waals surface area contributed by atoms with Crippen LogP contribution in [-0.4, -0.2) is 39.3 Å². The van der Waals surface area contributed by atoms with Crippen LogP contribution in [0.4, 0.5) is 0 Å². The minimum Gasteiger partial charge on any atom is -0.379 e. The molecule has 4 rings (SSSR count). The van der Waals surface area contributed by atoms with Crippen LogP contribution in [0.25, 0.3) is 0 Å². The Labute approximate surface area is 135 Å². The van der Waals surface area contributed by atoms with Crippen molar-refractivity contribution in [1.82, 2.24) is 0 Å². The highest BCUT2D eigenvalue weighted by Crippen LogP contribution is 2.61. The number of nitrogens with two attached hydrogens (primary N) is 1. The van der Waals surface area contributed by atoms with Gasteiger partial charge in [-0.3, -0.25) is 0 Å². The molecule has 0 radical (unpaired) electrons. The van der Waals surface area contributed by atoms with E-state index in [1.165, 1.54) is 44.9 Å². The van der Waals surface area contributed by atoms with E-state index in [-0.39, 0.29) is 6.23 Å². The van der Waals surface area contributed by atoms with E-state index in [4.69, 9.17) is 19.9 Å². The van der Waals surface area contributed by atoms with Gasteiger partial charge in [0.1, 0.15) is 6.23 Å². The Kier molecular flexibility index (Phi) is 5.77.